The van der Waals surface area contributed by atoms with E-state index < -0.39 is 0 Å². The number of nitrogens with zero attached hydrogens (tertiary/aromatic N) is 4. The molecule has 0 aliphatic carbocycles. The van der Waals surface area contributed by atoms with Gasteiger partial charge in [0.2, 0.25) is 11.8 Å². The van der Waals surface area contributed by atoms with Gasteiger partial charge in [-0.2, -0.15) is 0 Å². The standard InChI is InChI=1S/C10H16N6O2/c1-7-13-15-8(16-14-7)6-12-10(18)5-3-4-9(17)11-2/h3-6H2,1-2H3,(H,11,17)(H,12,18). The first-order chi connectivity index (χ1) is 8.61. The van der Waals surface area contributed by atoms with Gasteiger partial charge in [0, 0.05) is 19.9 Å². The number of nitrogens with one attached hydrogen (secondary N) is 2. The Kier molecular flexibility index (Phi) is 5.62. The fraction of sp³-hybridized carbons (Fsp3) is 0.600. The molecule has 1 aromatic heterocycles. The van der Waals surface area contributed by atoms with E-state index in [1.165, 1.54) is 0 Å². The van der Waals surface area contributed by atoms with Crippen molar-refractivity contribution in [1.82, 2.24) is 31.0 Å². The van der Waals surface area contributed by atoms with Gasteiger partial charge in [0.05, 0.1) is 6.54 Å². The number of hydrogen-bond acceptors (Lipinski definition) is 6. The highest BCUT2D eigenvalue weighted by Crippen LogP contribution is 1.95. The van der Waals surface area contributed by atoms with Crippen LogP contribution in [0.15, 0.2) is 0 Å². The predicted molar refractivity (Wildman–Crippen MR) is 62.1 cm³/mol. The van der Waals surface area contributed by atoms with E-state index in [4.69, 9.17) is 0 Å². The van der Waals surface area contributed by atoms with Gasteiger partial charge in [0.1, 0.15) is 0 Å². The van der Waals surface area contributed by atoms with E-state index in [9.17, 15) is 9.59 Å². The molecule has 1 heterocycles. The molecule has 0 aliphatic rings. The van der Waals surface area contributed by atoms with Crippen LogP contribution in [-0.2, 0) is 16.1 Å². The molecule has 0 atom stereocenters. The van der Waals surface area contributed by atoms with Crippen LogP contribution in [0.5, 0.6) is 0 Å². The summed E-state index contributed by atoms with van der Waals surface area (Å²) in [5.41, 5.74) is 0. The largest absolute Gasteiger partial charge is 0.359 e. The van der Waals surface area contributed by atoms with E-state index in [2.05, 4.69) is 31.0 Å². The molecule has 0 aromatic carbocycles. The smallest absolute Gasteiger partial charge is 0.220 e. The summed E-state index contributed by atoms with van der Waals surface area (Å²) in [6.07, 6.45) is 1.14. The quantitative estimate of drug-likeness (QED) is 0.679. The zero-order chi connectivity index (χ0) is 13.4. The third kappa shape index (κ3) is 5.28. The summed E-state index contributed by atoms with van der Waals surface area (Å²) in [4.78, 5) is 22.3. The van der Waals surface area contributed by atoms with Crippen LogP contribution in [0.1, 0.15) is 30.9 Å². The SMILES string of the molecule is CNC(=O)CCCC(=O)NCc1nnc(C)nn1. The van der Waals surface area contributed by atoms with Gasteiger partial charge in [-0.3, -0.25) is 9.59 Å². The summed E-state index contributed by atoms with van der Waals surface area (Å²) in [7, 11) is 1.57. The van der Waals surface area contributed by atoms with E-state index in [-0.39, 0.29) is 18.4 Å². The van der Waals surface area contributed by atoms with E-state index >= 15 is 0 Å². The Morgan fingerprint density at radius 1 is 1.06 bits per heavy atom. The highest BCUT2D eigenvalue weighted by molar-refractivity contribution is 5.78. The summed E-state index contributed by atoms with van der Waals surface area (Å²) in [6.45, 7) is 1.88. The van der Waals surface area contributed by atoms with E-state index in [0.717, 1.165) is 0 Å². The summed E-state index contributed by atoms with van der Waals surface area (Å²) in [5, 5.41) is 20.1. The number of aromatic nitrogens is 4. The molecule has 0 radical (unpaired) electrons. The van der Waals surface area contributed by atoms with Crippen molar-refractivity contribution in [2.45, 2.75) is 32.7 Å². The Bertz CT molecular complexity index is 405. The van der Waals surface area contributed by atoms with Crippen LogP contribution in [0.3, 0.4) is 0 Å². The number of rotatable bonds is 6. The van der Waals surface area contributed by atoms with Crippen LogP contribution in [0.25, 0.3) is 0 Å². The van der Waals surface area contributed by atoms with Crippen molar-refractivity contribution < 1.29 is 9.59 Å². The van der Waals surface area contributed by atoms with Crippen LogP contribution < -0.4 is 10.6 Å². The van der Waals surface area contributed by atoms with Crippen molar-refractivity contribution >= 4 is 11.8 Å². The zero-order valence-electron chi connectivity index (χ0n) is 10.4. The molecular weight excluding hydrogens is 236 g/mol. The molecule has 18 heavy (non-hydrogen) atoms. The highest BCUT2D eigenvalue weighted by atomic mass is 16.2. The molecule has 0 fully saturated rings. The van der Waals surface area contributed by atoms with Crippen molar-refractivity contribution in [3.63, 3.8) is 0 Å². The summed E-state index contributed by atoms with van der Waals surface area (Å²) in [6, 6.07) is 0. The lowest BCUT2D eigenvalue weighted by molar-refractivity contribution is -0.122. The van der Waals surface area contributed by atoms with Crippen LogP contribution >= 0.6 is 0 Å². The van der Waals surface area contributed by atoms with Gasteiger partial charge < -0.3 is 10.6 Å². The van der Waals surface area contributed by atoms with Gasteiger partial charge in [0.15, 0.2) is 11.6 Å². The normalized spacial score (nSPS) is 9.89. The topological polar surface area (TPSA) is 110 Å². The monoisotopic (exact) mass is 252 g/mol. The molecule has 2 amide bonds. The van der Waals surface area contributed by atoms with Crippen molar-refractivity contribution in [3.05, 3.63) is 11.6 Å². The Morgan fingerprint density at radius 2 is 1.67 bits per heavy atom. The molecule has 1 aromatic rings. The number of carbonyl (C=O) groups is 2. The second kappa shape index (κ2) is 7.25. The highest BCUT2D eigenvalue weighted by Gasteiger charge is 2.05. The van der Waals surface area contributed by atoms with Crippen molar-refractivity contribution in [3.8, 4) is 0 Å². The van der Waals surface area contributed by atoms with Crippen molar-refractivity contribution in [2.24, 2.45) is 0 Å². The molecule has 2 N–H and O–H groups in total. The average Bonchev–Trinajstić information content (AvgIpc) is 2.38. The maximum atomic E-state index is 11.4. The minimum Gasteiger partial charge on any atom is -0.359 e. The van der Waals surface area contributed by atoms with Gasteiger partial charge >= 0.3 is 0 Å². The van der Waals surface area contributed by atoms with E-state index in [0.29, 0.717) is 30.9 Å². The third-order valence-electron chi connectivity index (χ3n) is 2.15. The van der Waals surface area contributed by atoms with Gasteiger partial charge in [-0.25, -0.2) is 0 Å². The Hall–Kier alpha value is -2.12. The number of hydrogen-bond donors (Lipinski definition) is 2. The first kappa shape index (κ1) is 13.9. The van der Waals surface area contributed by atoms with Crippen LogP contribution in [0.2, 0.25) is 0 Å². The van der Waals surface area contributed by atoms with Gasteiger partial charge in [-0.05, 0) is 13.3 Å². The third-order valence-corrected chi connectivity index (χ3v) is 2.15. The number of amides is 2. The van der Waals surface area contributed by atoms with Gasteiger partial charge in [-0.1, -0.05) is 0 Å². The Labute approximate surface area is 105 Å². The molecule has 0 saturated carbocycles. The van der Waals surface area contributed by atoms with Crippen molar-refractivity contribution in [2.75, 3.05) is 7.05 Å². The van der Waals surface area contributed by atoms with E-state index in [1.807, 2.05) is 0 Å². The predicted octanol–water partition coefficient (Wildman–Crippen LogP) is -0.892. The minimum atomic E-state index is -0.150. The summed E-state index contributed by atoms with van der Waals surface area (Å²) in [5.74, 6) is 0.622. The van der Waals surface area contributed by atoms with Crippen LogP contribution in [-0.4, -0.2) is 39.3 Å². The molecular formula is C10H16N6O2. The maximum Gasteiger partial charge on any atom is 0.220 e. The van der Waals surface area contributed by atoms with Crippen LogP contribution in [0, 0.1) is 6.92 Å². The number of carbonyl (C=O) groups excluding carboxylic acids is 2. The van der Waals surface area contributed by atoms with Crippen LogP contribution in [0.4, 0.5) is 0 Å². The Morgan fingerprint density at radius 3 is 2.28 bits per heavy atom. The molecule has 98 valence electrons. The zero-order valence-corrected chi connectivity index (χ0v) is 10.4. The molecule has 0 bridgehead atoms. The first-order valence-corrected chi connectivity index (χ1v) is 5.62. The molecule has 0 saturated heterocycles. The first-order valence-electron chi connectivity index (χ1n) is 5.62. The molecule has 8 nitrogen and oxygen atoms in total. The Balaban J connectivity index is 2.21. The van der Waals surface area contributed by atoms with Gasteiger partial charge in [0.25, 0.3) is 0 Å². The van der Waals surface area contributed by atoms with Gasteiger partial charge in [-0.15, -0.1) is 20.4 Å². The average molecular weight is 252 g/mol. The lowest BCUT2D eigenvalue weighted by Crippen LogP contribution is -2.25. The summed E-state index contributed by atoms with van der Waals surface area (Å²) < 4.78 is 0. The molecule has 1 rings (SSSR count). The lowest BCUT2D eigenvalue weighted by atomic mass is 10.2. The lowest BCUT2D eigenvalue weighted by Gasteiger charge is -2.03. The molecule has 0 unspecified atom stereocenters. The number of aryl methyl sites for hydroxylation is 1. The fourth-order valence-corrected chi connectivity index (χ4v) is 1.17. The van der Waals surface area contributed by atoms with Crippen molar-refractivity contribution in [1.29, 1.82) is 0 Å². The second-order valence-electron chi connectivity index (χ2n) is 3.67. The minimum absolute atomic E-state index is 0.0712. The van der Waals surface area contributed by atoms with E-state index in [1.54, 1.807) is 14.0 Å². The fourth-order valence-electron chi connectivity index (χ4n) is 1.17. The molecule has 0 spiro atoms. The summed E-state index contributed by atoms with van der Waals surface area (Å²) >= 11 is 0. The maximum absolute atomic E-state index is 11.4. The molecule has 0 aliphatic heterocycles. The second-order valence-corrected chi connectivity index (χ2v) is 3.67. The molecule has 8 heteroatoms.